The van der Waals surface area contributed by atoms with E-state index in [1.807, 2.05) is 18.2 Å². The Morgan fingerprint density at radius 1 is 1.30 bits per heavy atom. The topological polar surface area (TPSA) is 41.6 Å². The second-order valence-corrected chi connectivity index (χ2v) is 5.76. The summed E-state index contributed by atoms with van der Waals surface area (Å²) in [5.41, 5.74) is 1.74. The van der Waals surface area contributed by atoms with Crippen LogP contribution in [0.25, 0.3) is 0 Å². The normalized spacial score (nSPS) is 19.6. The molecule has 1 amide bonds. The number of benzene rings is 1. The van der Waals surface area contributed by atoms with Gasteiger partial charge < -0.3 is 15.0 Å². The standard InChI is InChI=1S/C15H19ClN2O2/c16-12-5-2-6-13(17-15(19)11-3-1-4-11)14(12)18-7-9-20-10-8-18/h2,5-6,11H,1,3-4,7-10H2,(H,17,19). The molecule has 0 atom stereocenters. The number of carbonyl (C=O) groups excluding carboxylic acids is 1. The van der Waals surface area contributed by atoms with Crippen molar-refractivity contribution in [3.8, 4) is 0 Å². The number of halogens is 1. The summed E-state index contributed by atoms with van der Waals surface area (Å²) >= 11 is 6.34. The fourth-order valence-corrected chi connectivity index (χ4v) is 2.92. The van der Waals surface area contributed by atoms with E-state index < -0.39 is 0 Å². The quantitative estimate of drug-likeness (QED) is 0.932. The van der Waals surface area contributed by atoms with Crippen LogP contribution in [0.1, 0.15) is 19.3 Å². The summed E-state index contributed by atoms with van der Waals surface area (Å²) in [5, 5.41) is 3.72. The molecule has 108 valence electrons. The van der Waals surface area contributed by atoms with Gasteiger partial charge in [-0.15, -0.1) is 0 Å². The van der Waals surface area contributed by atoms with Crippen LogP contribution in [-0.2, 0) is 9.53 Å². The zero-order valence-electron chi connectivity index (χ0n) is 11.4. The number of hydrogen-bond donors (Lipinski definition) is 1. The molecule has 2 fully saturated rings. The van der Waals surface area contributed by atoms with Gasteiger partial charge in [0, 0.05) is 19.0 Å². The molecule has 1 heterocycles. The van der Waals surface area contributed by atoms with E-state index in [2.05, 4.69) is 10.2 Å². The van der Waals surface area contributed by atoms with Crippen LogP contribution < -0.4 is 10.2 Å². The fourth-order valence-electron chi connectivity index (χ4n) is 2.63. The van der Waals surface area contributed by atoms with Crippen LogP contribution in [0.4, 0.5) is 11.4 Å². The first-order chi connectivity index (χ1) is 9.75. The zero-order chi connectivity index (χ0) is 13.9. The van der Waals surface area contributed by atoms with Crippen molar-refractivity contribution in [3.05, 3.63) is 23.2 Å². The van der Waals surface area contributed by atoms with Crippen LogP contribution in [0.2, 0.25) is 5.02 Å². The predicted octanol–water partition coefficient (Wildman–Crippen LogP) is 2.92. The maximum atomic E-state index is 12.1. The largest absolute Gasteiger partial charge is 0.378 e. The summed E-state index contributed by atoms with van der Waals surface area (Å²) in [5.74, 6) is 0.291. The molecule has 0 bridgehead atoms. The third-order valence-corrected chi connectivity index (χ3v) is 4.35. The summed E-state index contributed by atoms with van der Waals surface area (Å²) in [4.78, 5) is 14.3. The Hall–Kier alpha value is -1.26. The van der Waals surface area contributed by atoms with Crippen molar-refractivity contribution >= 4 is 28.9 Å². The molecule has 20 heavy (non-hydrogen) atoms. The molecule has 5 heteroatoms. The van der Waals surface area contributed by atoms with E-state index >= 15 is 0 Å². The predicted molar refractivity (Wildman–Crippen MR) is 80.5 cm³/mol. The smallest absolute Gasteiger partial charge is 0.227 e. The average molecular weight is 295 g/mol. The number of hydrogen-bond acceptors (Lipinski definition) is 3. The Balaban J connectivity index is 1.81. The molecule has 1 saturated heterocycles. The van der Waals surface area contributed by atoms with E-state index in [0.717, 1.165) is 43.7 Å². The average Bonchev–Trinajstić information content (AvgIpc) is 2.37. The highest BCUT2D eigenvalue weighted by Crippen LogP contribution is 2.36. The van der Waals surface area contributed by atoms with Crippen LogP contribution in [0.3, 0.4) is 0 Å². The Bertz CT molecular complexity index is 497. The van der Waals surface area contributed by atoms with Crippen molar-refractivity contribution in [2.75, 3.05) is 36.5 Å². The maximum Gasteiger partial charge on any atom is 0.227 e. The van der Waals surface area contributed by atoms with Crippen LogP contribution in [0.5, 0.6) is 0 Å². The van der Waals surface area contributed by atoms with E-state index in [1.165, 1.54) is 0 Å². The fraction of sp³-hybridized carbons (Fsp3) is 0.533. The second-order valence-electron chi connectivity index (χ2n) is 5.35. The van der Waals surface area contributed by atoms with Gasteiger partial charge >= 0.3 is 0 Å². The first-order valence-corrected chi connectivity index (χ1v) is 7.55. The van der Waals surface area contributed by atoms with Gasteiger partial charge in [0.25, 0.3) is 0 Å². The van der Waals surface area contributed by atoms with E-state index in [4.69, 9.17) is 16.3 Å². The molecule has 1 saturated carbocycles. The third kappa shape index (κ3) is 2.76. The van der Waals surface area contributed by atoms with Crippen molar-refractivity contribution in [2.24, 2.45) is 5.92 Å². The molecule has 1 aliphatic carbocycles. The highest BCUT2D eigenvalue weighted by atomic mass is 35.5. The Morgan fingerprint density at radius 2 is 2.05 bits per heavy atom. The Labute approximate surface area is 124 Å². The van der Waals surface area contributed by atoms with E-state index in [-0.39, 0.29) is 11.8 Å². The van der Waals surface area contributed by atoms with Gasteiger partial charge in [0.2, 0.25) is 5.91 Å². The van der Waals surface area contributed by atoms with Gasteiger partial charge in [-0.1, -0.05) is 24.1 Å². The molecule has 1 aromatic rings. The van der Waals surface area contributed by atoms with Crippen LogP contribution in [0.15, 0.2) is 18.2 Å². The summed E-state index contributed by atoms with van der Waals surface area (Å²) < 4.78 is 5.37. The maximum absolute atomic E-state index is 12.1. The van der Waals surface area contributed by atoms with Gasteiger partial charge in [0.15, 0.2) is 0 Å². The molecular weight excluding hydrogens is 276 g/mol. The molecule has 0 spiro atoms. The number of nitrogens with zero attached hydrogens (tertiary/aromatic N) is 1. The Morgan fingerprint density at radius 3 is 2.70 bits per heavy atom. The van der Waals surface area contributed by atoms with Gasteiger partial charge in [-0.25, -0.2) is 0 Å². The van der Waals surface area contributed by atoms with Crippen molar-refractivity contribution in [1.82, 2.24) is 0 Å². The van der Waals surface area contributed by atoms with Gasteiger partial charge in [-0.3, -0.25) is 4.79 Å². The molecule has 2 aliphatic rings. The molecule has 3 rings (SSSR count). The minimum Gasteiger partial charge on any atom is -0.378 e. The van der Waals surface area contributed by atoms with Crippen LogP contribution in [-0.4, -0.2) is 32.2 Å². The number of ether oxygens (including phenoxy) is 1. The molecule has 1 aromatic carbocycles. The van der Waals surface area contributed by atoms with Crippen molar-refractivity contribution in [2.45, 2.75) is 19.3 Å². The number of anilines is 2. The summed E-state index contributed by atoms with van der Waals surface area (Å²) in [6, 6.07) is 5.67. The minimum absolute atomic E-state index is 0.119. The van der Waals surface area contributed by atoms with E-state index in [0.29, 0.717) is 18.2 Å². The molecule has 0 unspecified atom stereocenters. The van der Waals surface area contributed by atoms with E-state index in [9.17, 15) is 4.79 Å². The summed E-state index contributed by atoms with van der Waals surface area (Å²) in [6.07, 6.45) is 3.16. The second kappa shape index (κ2) is 6.02. The molecule has 1 aliphatic heterocycles. The number of rotatable bonds is 3. The SMILES string of the molecule is O=C(Nc1cccc(Cl)c1N1CCOCC1)C1CCC1. The summed E-state index contributed by atoms with van der Waals surface area (Å²) in [6.45, 7) is 2.99. The van der Waals surface area contributed by atoms with E-state index in [1.54, 1.807) is 0 Å². The van der Waals surface area contributed by atoms with Gasteiger partial charge in [0.05, 0.1) is 29.6 Å². The number of para-hydroxylation sites is 1. The molecule has 1 N–H and O–H groups in total. The van der Waals surface area contributed by atoms with Crippen molar-refractivity contribution < 1.29 is 9.53 Å². The number of carbonyl (C=O) groups is 1. The highest BCUT2D eigenvalue weighted by molar-refractivity contribution is 6.34. The van der Waals surface area contributed by atoms with Gasteiger partial charge in [0.1, 0.15) is 0 Å². The van der Waals surface area contributed by atoms with Crippen LogP contribution >= 0.6 is 11.6 Å². The molecule has 4 nitrogen and oxygen atoms in total. The van der Waals surface area contributed by atoms with Crippen molar-refractivity contribution in [1.29, 1.82) is 0 Å². The van der Waals surface area contributed by atoms with Crippen LogP contribution in [0, 0.1) is 5.92 Å². The molecule has 0 aromatic heterocycles. The number of amides is 1. The lowest BCUT2D eigenvalue weighted by molar-refractivity contribution is -0.122. The number of nitrogens with one attached hydrogen (secondary N) is 1. The van der Waals surface area contributed by atoms with Gasteiger partial charge in [-0.05, 0) is 25.0 Å². The highest BCUT2D eigenvalue weighted by Gasteiger charge is 2.26. The van der Waals surface area contributed by atoms with Gasteiger partial charge in [-0.2, -0.15) is 0 Å². The summed E-state index contributed by atoms with van der Waals surface area (Å²) in [7, 11) is 0. The van der Waals surface area contributed by atoms with Crippen molar-refractivity contribution in [3.63, 3.8) is 0 Å². The number of morpholine rings is 1. The lowest BCUT2D eigenvalue weighted by Crippen LogP contribution is -2.37. The monoisotopic (exact) mass is 294 g/mol. The third-order valence-electron chi connectivity index (χ3n) is 4.05. The Kier molecular flexibility index (Phi) is 4.13. The minimum atomic E-state index is 0.119. The molecular formula is C15H19ClN2O2. The first-order valence-electron chi connectivity index (χ1n) is 7.18. The molecule has 0 radical (unpaired) electrons. The first kappa shape index (κ1) is 13.7. The zero-order valence-corrected chi connectivity index (χ0v) is 12.2. The lowest BCUT2D eigenvalue weighted by Gasteiger charge is -2.32. The lowest BCUT2D eigenvalue weighted by atomic mass is 9.85.